The average Bonchev–Trinajstić information content (AvgIpc) is 2.66. The zero-order chi connectivity index (χ0) is 18.7. The zero-order valence-electron chi connectivity index (χ0n) is 14.2. The first-order chi connectivity index (χ1) is 12.5. The van der Waals surface area contributed by atoms with E-state index < -0.39 is 11.5 Å². The highest BCUT2D eigenvalue weighted by molar-refractivity contribution is 6.12. The number of hydrogen-bond acceptors (Lipinski definition) is 5. The number of amides is 2. The molecule has 0 atom stereocenters. The molecular formula is C19H16N2O5. The fraction of sp³-hybridized carbons (Fsp3) is 0.105. The number of hydrogen-bond donors (Lipinski definition) is 2. The fourth-order valence-corrected chi connectivity index (χ4v) is 2.51. The van der Waals surface area contributed by atoms with Crippen molar-refractivity contribution in [3.05, 3.63) is 70.1 Å². The third kappa shape index (κ3) is 3.41. The van der Waals surface area contributed by atoms with Crippen LogP contribution in [0.4, 0.5) is 5.69 Å². The molecule has 0 aliphatic heterocycles. The van der Waals surface area contributed by atoms with Gasteiger partial charge < -0.3 is 19.8 Å². The van der Waals surface area contributed by atoms with Crippen molar-refractivity contribution in [1.82, 2.24) is 5.32 Å². The molecule has 0 saturated carbocycles. The molecule has 26 heavy (non-hydrogen) atoms. The molecule has 3 aromatic rings. The van der Waals surface area contributed by atoms with Crippen molar-refractivity contribution in [1.29, 1.82) is 0 Å². The van der Waals surface area contributed by atoms with Crippen molar-refractivity contribution in [2.24, 2.45) is 0 Å². The molecule has 2 N–H and O–H groups in total. The number of methoxy groups -OCH3 is 1. The highest BCUT2D eigenvalue weighted by atomic mass is 16.5. The topological polar surface area (TPSA) is 97.6 Å². The van der Waals surface area contributed by atoms with Gasteiger partial charge in [-0.2, -0.15) is 0 Å². The first-order valence-corrected chi connectivity index (χ1v) is 7.77. The van der Waals surface area contributed by atoms with E-state index in [9.17, 15) is 14.4 Å². The SMILES string of the molecule is CNC(=O)c1ccc(NC(=O)c2cc(=O)oc3cc(OC)ccc23)cc1. The Kier molecular flexibility index (Phi) is 4.70. The van der Waals surface area contributed by atoms with Gasteiger partial charge in [0, 0.05) is 35.8 Å². The van der Waals surface area contributed by atoms with Crippen LogP contribution in [0.5, 0.6) is 5.75 Å². The summed E-state index contributed by atoms with van der Waals surface area (Å²) < 4.78 is 10.2. The van der Waals surface area contributed by atoms with Crippen LogP contribution in [0.1, 0.15) is 20.7 Å². The third-order valence-corrected chi connectivity index (χ3v) is 3.83. The number of ether oxygens (including phenoxy) is 1. The van der Waals surface area contributed by atoms with Crippen LogP contribution in [-0.4, -0.2) is 26.0 Å². The van der Waals surface area contributed by atoms with E-state index in [0.29, 0.717) is 22.4 Å². The average molecular weight is 352 g/mol. The number of fused-ring (bicyclic) bond motifs is 1. The van der Waals surface area contributed by atoms with Gasteiger partial charge in [-0.05, 0) is 36.4 Å². The van der Waals surface area contributed by atoms with E-state index >= 15 is 0 Å². The van der Waals surface area contributed by atoms with Crippen LogP contribution in [-0.2, 0) is 0 Å². The van der Waals surface area contributed by atoms with Crippen molar-refractivity contribution >= 4 is 28.5 Å². The molecule has 1 aromatic heterocycles. The molecule has 0 saturated heterocycles. The third-order valence-electron chi connectivity index (χ3n) is 3.83. The minimum absolute atomic E-state index is 0.189. The van der Waals surface area contributed by atoms with Crippen molar-refractivity contribution in [3.63, 3.8) is 0 Å². The summed E-state index contributed by atoms with van der Waals surface area (Å²) in [5, 5.41) is 5.72. The molecule has 0 bridgehead atoms. The van der Waals surface area contributed by atoms with Crippen molar-refractivity contribution in [2.75, 3.05) is 19.5 Å². The zero-order valence-corrected chi connectivity index (χ0v) is 14.2. The number of rotatable bonds is 4. The highest BCUT2D eigenvalue weighted by Crippen LogP contribution is 2.23. The summed E-state index contributed by atoms with van der Waals surface area (Å²) in [5.41, 5.74) is 0.790. The lowest BCUT2D eigenvalue weighted by Gasteiger charge is -2.09. The quantitative estimate of drug-likeness (QED) is 0.703. The first kappa shape index (κ1) is 17.2. The van der Waals surface area contributed by atoms with E-state index in [1.165, 1.54) is 7.11 Å². The molecule has 2 amide bonds. The Hall–Kier alpha value is -3.61. The number of carbonyl (C=O) groups excluding carboxylic acids is 2. The van der Waals surface area contributed by atoms with Crippen LogP contribution in [0.25, 0.3) is 11.0 Å². The molecule has 0 unspecified atom stereocenters. The van der Waals surface area contributed by atoms with E-state index in [1.54, 1.807) is 49.5 Å². The molecule has 1 heterocycles. The molecule has 2 aromatic carbocycles. The fourth-order valence-electron chi connectivity index (χ4n) is 2.51. The smallest absolute Gasteiger partial charge is 0.337 e. The van der Waals surface area contributed by atoms with E-state index in [-0.39, 0.29) is 17.1 Å². The number of carbonyl (C=O) groups is 2. The van der Waals surface area contributed by atoms with Crippen LogP contribution in [0.15, 0.2) is 57.7 Å². The Balaban J connectivity index is 1.92. The van der Waals surface area contributed by atoms with Gasteiger partial charge in [0.15, 0.2) is 0 Å². The monoisotopic (exact) mass is 352 g/mol. The molecule has 0 aliphatic carbocycles. The van der Waals surface area contributed by atoms with Gasteiger partial charge in [-0.15, -0.1) is 0 Å². The molecular weight excluding hydrogens is 336 g/mol. The van der Waals surface area contributed by atoms with Gasteiger partial charge in [-0.25, -0.2) is 4.79 Å². The largest absolute Gasteiger partial charge is 0.497 e. The standard InChI is InChI=1S/C19H16N2O5/c1-20-18(23)11-3-5-12(6-4-11)21-19(24)15-10-17(22)26-16-9-13(25-2)7-8-14(15)16/h3-10H,1-2H3,(H,20,23)(H,21,24). The molecule has 3 rings (SSSR count). The molecule has 0 spiro atoms. The van der Waals surface area contributed by atoms with Gasteiger partial charge >= 0.3 is 5.63 Å². The maximum absolute atomic E-state index is 12.6. The van der Waals surface area contributed by atoms with Crippen LogP contribution in [0, 0.1) is 0 Å². The second-order valence-electron chi connectivity index (χ2n) is 5.45. The molecule has 0 fully saturated rings. The van der Waals surface area contributed by atoms with Crippen molar-refractivity contribution in [3.8, 4) is 5.75 Å². The summed E-state index contributed by atoms with van der Waals surface area (Å²) in [5.74, 6) is -0.160. The Morgan fingerprint density at radius 1 is 1.00 bits per heavy atom. The number of nitrogens with one attached hydrogen (secondary N) is 2. The normalized spacial score (nSPS) is 10.4. The second-order valence-corrected chi connectivity index (χ2v) is 5.45. The lowest BCUT2D eigenvalue weighted by molar-refractivity contribution is 0.0962. The van der Waals surface area contributed by atoms with Crippen LogP contribution >= 0.6 is 0 Å². The molecule has 0 aliphatic rings. The van der Waals surface area contributed by atoms with E-state index in [0.717, 1.165) is 6.07 Å². The van der Waals surface area contributed by atoms with Gasteiger partial charge in [0.25, 0.3) is 11.8 Å². The minimum atomic E-state index is -0.633. The highest BCUT2D eigenvalue weighted by Gasteiger charge is 2.14. The van der Waals surface area contributed by atoms with Crippen molar-refractivity contribution in [2.45, 2.75) is 0 Å². The van der Waals surface area contributed by atoms with Crippen molar-refractivity contribution < 1.29 is 18.7 Å². The lowest BCUT2D eigenvalue weighted by atomic mass is 10.1. The first-order valence-electron chi connectivity index (χ1n) is 7.77. The van der Waals surface area contributed by atoms with Crippen LogP contribution in [0.3, 0.4) is 0 Å². The summed E-state index contributed by atoms with van der Waals surface area (Å²) in [7, 11) is 3.04. The van der Waals surface area contributed by atoms with Gasteiger partial charge in [0.1, 0.15) is 11.3 Å². The van der Waals surface area contributed by atoms with Crippen LogP contribution in [0.2, 0.25) is 0 Å². The number of benzene rings is 2. The molecule has 132 valence electrons. The predicted octanol–water partition coefficient (Wildman–Crippen LogP) is 2.41. The van der Waals surface area contributed by atoms with Gasteiger partial charge in [0.05, 0.1) is 12.7 Å². The van der Waals surface area contributed by atoms with Gasteiger partial charge in [0.2, 0.25) is 0 Å². The van der Waals surface area contributed by atoms with E-state index in [4.69, 9.17) is 9.15 Å². The number of anilines is 1. The molecule has 7 heteroatoms. The summed E-state index contributed by atoms with van der Waals surface area (Å²) in [6.07, 6.45) is 0. The maximum Gasteiger partial charge on any atom is 0.337 e. The predicted molar refractivity (Wildman–Crippen MR) is 96.8 cm³/mol. The maximum atomic E-state index is 12.6. The Morgan fingerprint density at radius 2 is 1.73 bits per heavy atom. The van der Waals surface area contributed by atoms with Gasteiger partial charge in [-0.1, -0.05) is 0 Å². The molecule has 7 nitrogen and oxygen atoms in total. The summed E-state index contributed by atoms with van der Waals surface area (Å²) in [6, 6.07) is 12.4. The Bertz CT molecular complexity index is 1040. The van der Waals surface area contributed by atoms with E-state index in [2.05, 4.69) is 10.6 Å². The summed E-state index contributed by atoms with van der Waals surface area (Å²) >= 11 is 0. The van der Waals surface area contributed by atoms with Crippen LogP contribution < -0.4 is 21.0 Å². The Morgan fingerprint density at radius 3 is 2.38 bits per heavy atom. The van der Waals surface area contributed by atoms with E-state index in [1.807, 2.05) is 0 Å². The lowest BCUT2D eigenvalue weighted by Crippen LogP contribution is -2.18. The summed E-state index contributed by atoms with van der Waals surface area (Å²) in [4.78, 5) is 35.9. The minimum Gasteiger partial charge on any atom is -0.497 e. The van der Waals surface area contributed by atoms with Gasteiger partial charge in [-0.3, -0.25) is 9.59 Å². The second kappa shape index (κ2) is 7.10. The molecule has 0 radical (unpaired) electrons. The Labute approximate surface area is 148 Å². The summed E-state index contributed by atoms with van der Waals surface area (Å²) in [6.45, 7) is 0.